The minimum atomic E-state index is -0.494. The normalized spacial score (nSPS) is 11.5. The third kappa shape index (κ3) is 5.00. The maximum Gasteiger partial charge on any atom is 0.279 e. The zero-order valence-corrected chi connectivity index (χ0v) is 16.8. The van der Waals surface area contributed by atoms with E-state index in [-0.39, 0.29) is 5.56 Å². The Morgan fingerprint density at radius 2 is 1.93 bits per heavy atom. The molecule has 3 aromatic rings. The number of benzene rings is 2. The van der Waals surface area contributed by atoms with Crippen LogP contribution in [0.2, 0.25) is 10.0 Å². The standard InChI is InChI=1S/C21H19Cl2N3O2/c1-2-3-11-28-20-13-16(14-24-26(20)17-7-5-4-6-8-17)25-21(27)18-12-15(22)9-10-19(18)23/h4-10,12-14H,2-3,11H2,1H3. The highest BCUT2D eigenvalue weighted by atomic mass is 35.5. The smallest absolute Gasteiger partial charge is 0.279 e. The van der Waals surface area contributed by atoms with E-state index < -0.39 is 5.91 Å². The van der Waals surface area contributed by atoms with Crippen LogP contribution in [0.25, 0.3) is 5.69 Å². The maximum absolute atomic E-state index is 12.5. The first-order valence-corrected chi connectivity index (χ1v) is 9.66. The molecule has 1 amide bonds. The van der Waals surface area contributed by atoms with Crippen LogP contribution in [0, 0.1) is 0 Å². The van der Waals surface area contributed by atoms with Crippen molar-refractivity contribution >= 4 is 29.1 Å². The summed E-state index contributed by atoms with van der Waals surface area (Å²) in [5, 5.41) is 5.48. The Kier molecular flexibility index (Phi) is 6.85. The number of hydrogen-bond acceptors (Lipinski definition) is 3. The van der Waals surface area contributed by atoms with Crippen LogP contribution in [-0.4, -0.2) is 22.3 Å². The number of carbonyl (C=O) groups is 1. The Bertz CT molecular complexity index is 1030. The average molecular weight is 416 g/mol. The molecule has 2 aromatic carbocycles. The zero-order valence-electron chi connectivity index (χ0n) is 15.3. The number of ether oxygens (including phenoxy) is 1. The highest BCUT2D eigenvalue weighted by molar-refractivity contribution is 6.35. The summed E-state index contributed by atoms with van der Waals surface area (Å²) in [6, 6.07) is 16.0. The number of unbranched alkanes of at least 4 members (excludes halogenated alkanes) is 1. The minimum absolute atomic E-state index is 0.238. The monoisotopic (exact) mass is 415 g/mol. The van der Waals surface area contributed by atoms with Gasteiger partial charge in [-0.2, -0.15) is 5.10 Å². The van der Waals surface area contributed by atoms with Gasteiger partial charge in [-0.3, -0.25) is 4.79 Å². The molecule has 0 saturated carbocycles. The van der Waals surface area contributed by atoms with Gasteiger partial charge in [0.15, 0.2) is 0 Å². The molecule has 5 nitrogen and oxygen atoms in total. The number of carbonyl (C=O) groups excluding carboxylic acids is 1. The van der Waals surface area contributed by atoms with Crippen LogP contribution in [0.3, 0.4) is 0 Å². The van der Waals surface area contributed by atoms with E-state index in [1.54, 1.807) is 22.9 Å². The van der Waals surface area contributed by atoms with Crippen LogP contribution in [0.15, 0.2) is 65.8 Å². The van der Waals surface area contributed by atoms with Gasteiger partial charge < -0.3 is 4.74 Å². The van der Waals surface area contributed by atoms with Gasteiger partial charge in [0.1, 0.15) is 0 Å². The van der Waals surface area contributed by atoms with Crippen LogP contribution in [0.1, 0.15) is 30.1 Å². The van der Waals surface area contributed by atoms with Crippen molar-refractivity contribution in [3.8, 4) is 11.6 Å². The van der Waals surface area contributed by atoms with Gasteiger partial charge in [-0.15, -0.1) is 0 Å². The number of halogens is 2. The number of nitrogens with zero attached hydrogens (tertiary/aromatic N) is 3. The summed E-state index contributed by atoms with van der Waals surface area (Å²) in [5.74, 6) is 0.0113. The molecule has 0 aliphatic heterocycles. The molecule has 0 saturated heterocycles. The zero-order chi connectivity index (χ0) is 19.9. The highest BCUT2D eigenvalue weighted by Crippen LogP contribution is 2.21. The molecular weight excluding hydrogens is 397 g/mol. The lowest BCUT2D eigenvalue weighted by Gasteiger charge is -2.13. The van der Waals surface area contributed by atoms with Crippen LogP contribution in [-0.2, 0) is 0 Å². The summed E-state index contributed by atoms with van der Waals surface area (Å²) in [4.78, 5) is 16.6. The lowest BCUT2D eigenvalue weighted by atomic mass is 10.2. The first kappa shape index (κ1) is 20.1. The van der Waals surface area contributed by atoms with Gasteiger partial charge in [-0.05, 0) is 36.8 Å². The Morgan fingerprint density at radius 3 is 2.68 bits per heavy atom. The topological polar surface area (TPSA) is 56.5 Å². The molecule has 1 heterocycles. The SMILES string of the molecule is CCCCOc1cc(=NC(=O)c2cc(Cl)ccc2Cl)cnn1-c1ccccc1. The van der Waals surface area contributed by atoms with E-state index in [1.807, 2.05) is 30.3 Å². The fourth-order valence-electron chi connectivity index (χ4n) is 2.49. The molecule has 0 aliphatic rings. The van der Waals surface area contributed by atoms with Crippen molar-refractivity contribution in [3.63, 3.8) is 0 Å². The summed E-state index contributed by atoms with van der Waals surface area (Å²) >= 11 is 12.1. The van der Waals surface area contributed by atoms with Gasteiger partial charge in [-0.1, -0.05) is 54.7 Å². The van der Waals surface area contributed by atoms with E-state index in [1.165, 1.54) is 12.3 Å². The number of rotatable bonds is 6. The van der Waals surface area contributed by atoms with E-state index in [2.05, 4.69) is 17.0 Å². The molecule has 0 spiro atoms. The summed E-state index contributed by atoms with van der Waals surface area (Å²) in [7, 11) is 0. The second kappa shape index (κ2) is 9.53. The number of amides is 1. The molecule has 7 heteroatoms. The molecule has 3 rings (SSSR count). The maximum atomic E-state index is 12.5. The predicted molar refractivity (Wildman–Crippen MR) is 110 cm³/mol. The van der Waals surface area contributed by atoms with Gasteiger partial charge in [0, 0.05) is 11.1 Å². The lowest BCUT2D eigenvalue weighted by molar-refractivity contribution is 0.0998. The van der Waals surface area contributed by atoms with E-state index in [0.717, 1.165) is 18.5 Å². The van der Waals surface area contributed by atoms with E-state index in [4.69, 9.17) is 27.9 Å². The summed E-state index contributed by atoms with van der Waals surface area (Å²) < 4.78 is 7.56. The Hall–Kier alpha value is -2.63. The van der Waals surface area contributed by atoms with Gasteiger partial charge in [0.05, 0.1) is 34.4 Å². The van der Waals surface area contributed by atoms with Crippen molar-refractivity contribution in [1.29, 1.82) is 0 Å². The lowest BCUT2D eigenvalue weighted by Crippen LogP contribution is -2.16. The molecule has 0 unspecified atom stereocenters. The molecule has 1 aromatic heterocycles. The second-order valence-corrected chi connectivity index (χ2v) is 6.89. The Balaban J connectivity index is 1.99. The molecule has 0 aliphatic carbocycles. The van der Waals surface area contributed by atoms with Crippen LogP contribution in [0.5, 0.6) is 5.88 Å². The summed E-state index contributed by atoms with van der Waals surface area (Å²) in [6.07, 6.45) is 3.43. The molecule has 0 radical (unpaired) electrons. The van der Waals surface area contributed by atoms with Crippen molar-refractivity contribution in [3.05, 3.63) is 81.8 Å². The minimum Gasteiger partial charge on any atom is -0.478 e. The van der Waals surface area contributed by atoms with E-state index in [9.17, 15) is 4.79 Å². The van der Waals surface area contributed by atoms with Crippen molar-refractivity contribution in [1.82, 2.24) is 9.78 Å². The van der Waals surface area contributed by atoms with Gasteiger partial charge in [0.25, 0.3) is 5.91 Å². The first-order valence-electron chi connectivity index (χ1n) is 8.90. The van der Waals surface area contributed by atoms with Gasteiger partial charge in [0.2, 0.25) is 5.88 Å². The van der Waals surface area contributed by atoms with Crippen molar-refractivity contribution in [2.24, 2.45) is 4.99 Å². The number of para-hydroxylation sites is 1. The predicted octanol–water partition coefficient (Wildman–Crippen LogP) is 5.10. The fraction of sp³-hybridized carbons (Fsp3) is 0.190. The molecule has 0 bridgehead atoms. The van der Waals surface area contributed by atoms with Crippen LogP contribution in [0.4, 0.5) is 0 Å². The molecule has 0 N–H and O–H groups in total. The van der Waals surface area contributed by atoms with E-state index >= 15 is 0 Å². The first-order chi connectivity index (χ1) is 13.6. The molecule has 28 heavy (non-hydrogen) atoms. The molecule has 144 valence electrons. The number of aromatic nitrogens is 2. The third-order valence-electron chi connectivity index (χ3n) is 3.92. The quantitative estimate of drug-likeness (QED) is 0.526. The fourth-order valence-corrected chi connectivity index (χ4v) is 2.86. The summed E-state index contributed by atoms with van der Waals surface area (Å²) in [6.45, 7) is 2.63. The van der Waals surface area contributed by atoms with Crippen molar-refractivity contribution in [2.45, 2.75) is 19.8 Å². The number of hydrogen-bond donors (Lipinski definition) is 0. The third-order valence-corrected chi connectivity index (χ3v) is 4.49. The van der Waals surface area contributed by atoms with Crippen molar-refractivity contribution < 1.29 is 9.53 Å². The highest BCUT2D eigenvalue weighted by Gasteiger charge is 2.11. The van der Waals surface area contributed by atoms with E-state index in [0.29, 0.717) is 27.9 Å². The Morgan fingerprint density at radius 1 is 1.14 bits per heavy atom. The molecule has 0 fully saturated rings. The van der Waals surface area contributed by atoms with Crippen LogP contribution < -0.4 is 10.1 Å². The largest absolute Gasteiger partial charge is 0.478 e. The second-order valence-electron chi connectivity index (χ2n) is 6.04. The van der Waals surface area contributed by atoms with Gasteiger partial charge >= 0.3 is 0 Å². The van der Waals surface area contributed by atoms with Crippen molar-refractivity contribution in [2.75, 3.05) is 6.61 Å². The molecular formula is C21H19Cl2N3O2. The summed E-state index contributed by atoms with van der Waals surface area (Å²) in [5.41, 5.74) is 1.09. The average Bonchev–Trinajstić information content (AvgIpc) is 2.71. The van der Waals surface area contributed by atoms with Crippen LogP contribution >= 0.6 is 23.2 Å². The molecule has 0 atom stereocenters. The van der Waals surface area contributed by atoms with Gasteiger partial charge in [-0.25, -0.2) is 9.67 Å². The Labute approximate surface area is 173 Å².